The zero-order valence-electron chi connectivity index (χ0n) is 11.7. The van der Waals surface area contributed by atoms with Crippen LogP contribution in [0.2, 0.25) is 5.15 Å². The van der Waals surface area contributed by atoms with Gasteiger partial charge in [-0.05, 0) is 31.2 Å². The van der Waals surface area contributed by atoms with Crippen LogP contribution in [-0.2, 0) is 4.79 Å². The first-order valence-corrected chi connectivity index (χ1v) is 6.70. The van der Waals surface area contributed by atoms with Gasteiger partial charge in [0, 0.05) is 12.3 Å². The Morgan fingerprint density at radius 1 is 1.29 bits per heavy atom. The molecule has 1 atom stereocenters. The fourth-order valence-corrected chi connectivity index (χ4v) is 1.81. The van der Waals surface area contributed by atoms with E-state index in [1.54, 1.807) is 56.6 Å². The summed E-state index contributed by atoms with van der Waals surface area (Å²) in [6.07, 6.45) is 0.863. The molecule has 1 N–H and O–H groups in total. The Hall–Kier alpha value is -2.27. The summed E-state index contributed by atoms with van der Waals surface area (Å²) in [5, 5.41) is 2.90. The molecule has 0 aliphatic carbocycles. The lowest BCUT2D eigenvalue weighted by molar-refractivity contribution is -0.122. The van der Waals surface area contributed by atoms with Gasteiger partial charge in [0.05, 0.1) is 12.8 Å². The summed E-state index contributed by atoms with van der Waals surface area (Å²) < 4.78 is 10.7. The maximum absolute atomic E-state index is 12.1. The zero-order valence-corrected chi connectivity index (χ0v) is 12.4. The van der Waals surface area contributed by atoms with Crippen LogP contribution >= 0.6 is 11.6 Å². The summed E-state index contributed by atoms with van der Waals surface area (Å²) in [6, 6.07) is 10.4. The molecule has 0 aliphatic rings. The predicted molar refractivity (Wildman–Crippen MR) is 81.0 cm³/mol. The molecule has 1 aromatic carbocycles. The number of carbonyl (C=O) groups is 1. The third kappa shape index (κ3) is 4.10. The Morgan fingerprint density at radius 3 is 2.76 bits per heavy atom. The molecule has 0 radical (unpaired) electrons. The number of methoxy groups -OCH3 is 1. The molecule has 110 valence electrons. The normalized spacial score (nSPS) is 11.6. The fraction of sp³-hybridized carbons (Fsp3) is 0.200. The van der Waals surface area contributed by atoms with Crippen molar-refractivity contribution < 1.29 is 14.3 Å². The van der Waals surface area contributed by atoms with Gasteiger partial charge in [-0.1, -0.05) is 17.7 Å². The average Bonchev–Trinajstić information content (AvgIpc) is 2.49. The Morgan fingerprint density at radius 2 is 2.05 bits per heavy atom. The fourth-order valence-electron chi connectivity index (χ4n) is 1.65. The number of ether oxygens (including phenoxy) is 2. The van der Waals surface area contributed by atoms with Crippen LogP contribution < -0.4 is 14.8 Å². The van der Waals surface area contributed by atoms with E-state index in [2.05, 4.69) is 10.3 Å². The number of nitrogens with zero attached hydrogens (tertiary/aromatic N) is 1. The molecule has 5 nitrogen and oxygen atoms in total. The smallest absolute Gasteiger partial charge is 0.265 e. The van der Waals surface area contributed by atoms with E-state index in [1.807, 2.05) is 0 Å². The van der Waals surface area contributed by atoms with Gasteiger partial charge < -0.3 is 14.8 Å². The summed E-state index contributed by atoms with van der Waals surface area (Å²) in [4.78, 5) is 16.0. The van der Waals surface area contributed by atoms with E-state index in [9.17, 15) is 4.79 Å². The summed E-state index contributed by atoms with van der Waals surface area (Å²) in [6.45, 7) is 1.65. The van der Waals surface area contributed by atoms with Crippen molar-refractivity contribution in [2.45, 2.75) is 13.0 Å². The summed E-state index contributed by atoms with van der Waals surface area (Å²) >= 11 is 5.89. The van der Waals surface area contributed by atoms with Crippen molar-refractivity contribution in [3.63, 3.8) is 0 Å². The number of benzene rings is 1. The highest BCUT2D eigenvalue weighted by atomic mass is 35.5. The van der Waals surface area contributed by atoms with Crippen LogP contribution in [0.3, 0.4) is 0 Å². The van der Waals surface area contributed by atoms with Crippen molar-refractivity contribution in [1.29, 1.82) is 0 Å². The zero-order chi connectivity index (χ0) is 15.2. The second-order valence-electron chi connectivity index (χ2n) is 4.27. The van der Waals surface area contributed by atoms with Crippen LogP contribution in [0.4, 0.5) is 5.69 Å². The van der Waals surface area contributed by atoms with E-state index in [0.29, 0.717) is 17.2 Å². The minimum absolute atomic E-state index is 0.236. The van der Waals surface area contributed by atoms with Gasteiger partial charge in [-0.25, -0.2) is 4.98 Å². The number of hydrogen-bond acceptors (Lipinski definition) is 4. The second-order valence-corrected chi connectivity index (χ2v) is 4.63. The first kappa shape index (κ1) is 15.1. The number of hydrogen-bond donors (Lipinski definition) is 1. The third-order valence-electron chi connectivity index (χ3n) is 2.74. The molecule has 1 aromatic heterocycles. The molecule has 1 unspecified atom stereocenters. The number of pyridine rings is 1. The molecule has 1 heterocycles. The van der Waals surface area contributed by atoms with Crippen LogP contribution in [-0.4, -0.2) is 24.1 Å². The van der Waals surface area contributed by atoms with Crippen molar-refractivity contribution >= 4 is 23.2 Å². The monoisotopic (exact) mass is 306 g/mol. The van der Waals surface area contributed by atoms with Crippen LogP contribution in [0, 0.1) is 0 Å². The highest BCUT2D eigenvalue weighted by Crippen LogP contribution is 2.21. The van der Waals surface area contributed by atoms with E-state index < -0.39 is 6.10 Å². The summed E-state index contributed by atoms with van der Waals surface area (Å²) in [5.74, 6) is 0.900. The predicted octanol–water partition coefficient (Wildman–Crippen LogP) is 3.15. The van der Waals surface area contributed by atoms with Gasteiger partial charge in [0.25, 0.3) is 5.91 Å². The molecule has 1 amide bonds. The van der Waals surface area contributed by atoms with Gasteiger partial charge in [-0.2, -0.15) is 0 Å². The molecule has 0 aliphatic heterocycles. The van der Waals surface area contributed by atoms with Gasteiger partial charge >= 0.3 is 0 Å². The highest BCUT2D eigenvalue weighted by Gasteiger charge is 2.16. The summed E-state index contributed by atoms with van der Waals surface area (Å²) in [5.41, 5.74) is 0.449. The van der Waals surface area contributed by atoms with Gasteiger partial charge in [-0.15, -0.1) is 0 Å². The Labute approximate surface area is 127 Å². The highest BCUT2D eigenvalue weighted by molar-refractivity contribution is 6.32. The molecule has 0 bridgehead atoms. The molecule has 2 aromatic rings. The Kier molecular flexibility index (Phi) is 5.00. The maximum atomic E-state index is 12.1. The van der Waals surface area contributed by atoms with Crippen molar-refractivity contribution in [1.82, 2.24) is 4.98 Å². The van der Waals surface area contributed by atoms with Crippen molar-refractivity contribution in [3.05, 3.63) is 47.7 Å². The SMILES string of the molecule is COc1cccc(OC(C)C(=O)Nc2cccnc2Cl)c1. The van der Waals surface area contributed by atoms with Crippen molar-refractivity contribution in [3.8, 4) is 11.5 Å². The number of aromatic nitrogens is 1. The minimum atomic E-state index is -0.687. The molecule has 2 rings (SSSR count). The van der Waals surface area contributed by atoms with E-state index in [4.69, 9.17) is 21.1 Å². The van der Waals surface area contributed by atoms with Crippen LogP contribution in [0.1, 0.15) is 6.92 Å². The minimum Gasteiger partial charge on any atom is -0.497 e. The standard InChI is InChI=1S/C15H15ClN2O3/c1-10(21-12-6-3-5-11(9-12)20-2)15(19)18-13-7-4-8-17-14(13)16/h3-10H,1-2H3,(H,18,19). The average molecular weight is 307 g/mol. The van der Waals surface area contributed by atoms with Crippen LogP contribution in [0.15, 0.2) is 42.6 Å². The lowest BCUT2D eigenvalue weighted by Crippen LogP contribution is -2.30. The van der Waals surface area contributed by atoms with Crippen LogP contribution in [0.25, 0.3) is 0 Å². The van der Waals surface area contributed by atoms with Crippen LogP contribution in [0.5, 0.6) is 11.5 Å². The molecule has 21 heavy (non-hydrogen) atoms. The molecular formula is C15H15ClN2O3. The van der Waals surface area contributed by atoms with E-state index in [-0.39, 0.29) is 11.1 Å². The third-order valence-corrected chi connectivity index (χ3v) is 3.04. The summed E-state index contributed by atoms with van der Waals surface area (Å²) in [7, 11) is 1.57. The van der Waals surface area contributed by atoms with Gasteiger partial charge in [0.2, 0.25) is 0 Å². The largest absolute Gasteiger partial charge is 0.497 e. The molecule has 0 saturated carbocycles. The lowest BCUT2D eigenvalue weighted by Gasteiger charge is -2.15. The lowest BCUT2D eigenvalue weighted by atomic mass is 10.3. The Bertz CT molecular complexity index is 634. The maximum Gasteiger partial charge on any atom is 0.265 e. The van der Waals surface area contributed by atoms with Gasteiger partial charge in [-0.3, -0.25) is 4.79 Å². The van der Waals surface area contributed by atoms with E-state index in [1.165, 1.54) is 0 Å². The molecule has 0 spiro atoms. The number of halogens is 1. The molecule has 0 saturated heterocycles. The number of nitrogens with one attached hydrogen (secondary N) is 1. The van der Waals surface area contributed by atoms with Gasteiger partial charge in [0.15, 0.2) is 11.3 Å². The first-order valence-electron chi connectivity index (χ1n) is 6.32. The first-order chi connectivity index (χ1) is 10.1. The second kappa shape index (κ2) is 6.95. The quantitative estimate of drug-likeness (QED) is 0.862. The van der Waals surface area contributed by atoms with E-state index >= 15 is 0 Å². The molecular weight excluding hydrogens is 292 g/mol. The van der Waals surface area contributed by atoms with Gasteiger partial charge in [0.1, 0.15) is 11.5 Å². The number of anilines is 1. The van der Waals surface area contributed by atoms with Crippen molar-refractivity contribution in [2.24, 2.45) is 0 Å². The van der Waals surface area contributed by atoms with E-state index in [0.717, 1.165) is 0 Å². The molecule has 0 fully saturated rings. The van der Waals surface area contributed by atoms with Crippen molar-refractivity contribution in [2.75, 3.05) is 12.4 Å². The number of carbonyl (C=O) groups excluding carboxylic acids is 1. The Balaban J connectivity index is 2.01. The number of rotatable bonds is 5. The molecule has 6 heteroatoms. The number of amides is 1. The topological polar surface area (TPSA) is 60.5 Å².